The van der Waals surface area contributed by atoms with E-state index < -0.39 is 10.0 Å². The maximum Gasteiger partial charge on any atom is 0.274 e. The van der Waals surface area contributed by atoms with Crippen molar-refractivity contribution in [3.05, 3.63) is 101 Å². The SMILES string of the molecule is O=C(CCNS(=O)(=O)c1cccc2ccccc12)NCCc1ccc(NC(=O)c2ccccn2)c(Br)c1. The van der Waals surface area contributed by atoms with Gasteiger partial charge in [-0.25, -0.2) is 13.1 Å². The number of carbonyl (C=O) groups excluding carboxylic acids is 2. The van der Waals surface area contributed by atoms with Crippen molar-refractivity contribution in [2.24, 2.45) is 0 Å². The Morgan fingerprint density at radius 3 is 2.46 bits per heavy atom. The number of fused-ring (bicyclic) bond motifs is 1. The molecule has 0 unspecified atom stereocenters. The van der Waals surface area contributed by atoms with Crippen molar-refractivity contribution in [1.29, 1.82) is 0 Å². The molecular weight excluding hydrogens is 556 g/mol. The molecule has 0 aliphatic rings. The third kappa shape index (κ3) is 7.00. The van der Waals surface area contributed by atoms with Crippen molar-refractivity contribution in [2.45, 2.75) is 17.7 Å². The van der Waals surface area contributed by atoms with Crippen molar-refractivity contribution in [3.8, 4) is 0 Å². The molecule has 0 aliphatic heterocycles. The molecule has 0 bridgehead atoms. The van der Waals surface area contributed by atoms with E-state index >= 15 is 0 Å². The summed E-state index contributed by atoms with van der Waals surface area (Å²) in [5.74, 6) is -0.559. The second-order valence-corrected chi connectivity index (χ2v) is 10.8. The number of sulfonamides is 1. The predicted molar refractivity (Wildman–Crippen MR) is 147 cm³/mol. The van der Waals surface area contributed by atoms with Gasteiger partial charge in [0.25, 0.3) is 5.91 Å². The fourth-order valence-electron chi connectivity index (χ4n) is 3.74. The van der Waals surface area contributed by atoms with E-state index in [1.165, 1.54) is 0 Å². The van der Waals surface area contributed by atoms with Crippen LogP contribution in [0.4, 0.5) is 5.69 Å². The molecule has 8 nitrogen and oxygen atoms in total. The summed E-state index contributed by atoms with van der Waals surface area (Å²) in [6, 6.07) is 23.0. The Morgan fingerprint density at radius 1 is 0.892 bits per heavy atom. The number of anilines is 1. The fraction of sp³-hybridized carbons (Fsp3) is 0.148. The summed E-state index contributed by atoms with van der Waals surface area (Å²) >= 11 is 3.47. The van der Waals surface area contributed by atoms with E-state index in [-0.39, 0.29) is 29.7 Å². The Labute approximate surface area is 223 Å². The first-order chi connectivity index (χ1) is 17.8. The minimum absolute atomic E-state index is 0.00635. The number of carbonyl (C=O) groups is 2. The van der Waals surface area contributed by atoms with E-state index in [9.17, 15) is 18.0 Å². The molecule has 0 atom stereocenters. The van der Waals surface area contributed by atoms with E-state index in [0.717, 1.165) is 10.9 Å². The highest BCUT2D eigenvalue weighted by Gasteiger charge is 2.17. The molecule has 1 aromatic heterocycles. The van der Waals surface area contributed by atoms with Crippen LogP contribution in [-0.4, -0.2) is 38.3 Å². The van der Waals surface area contributed by atoms with Gasteiger partial charge < -0.3 is 10.6 Å². The minimum atomic E-state index is -3.75. The highest BCUT2D eigenvalue weighted by atomic mass is 79.9. The first kappa shape index (κ1) is 26.5. The lowest BCUT2D eigenvalue weighted by Gasteiger charge is -2.11. The van der Waals surface area contributed by atoms with Gasteiger partial charge in [0.2, 0.25) is 15.9 Å². The van der Waals surface area contributed by atoms with Crippen LogP contribution in [0.25, 0.3) is 10.8 Å². The van der Waals surface area contributed by atoms with Gasteiger partial charge in [0.15, 0.2) is 0 Å². The summed E-state index contributed by atoms with van der Waals surface area (Å²) in [7, 11) is -3.75. The van der Waals surface area contributed by atoms with Gasteiger partial charge in [-0.1, -0.05) is 48.5 Å². The molecule has 0 radical (unpaired) electrons. The quantitative estimate of drug-likeness (QED) is 0.259. The molecule has 0 aliphatic carbocycles. The molecular formula is C27H25BrN4O4S. The van der Waals surface area contributed by atoms with Crippen LogP contribution >= 0.6 is 15.9 Å². The lowest BCUT2D eigenvalue weighted by molar-refractivity contribution is -0.120. The monoisotopic (exact) mass is 580 g/mol. The first-order valence-electron chi connectivity index (χ1n) is 11.6. The Bertz CT molecular complexity index is 1520. The second-order valence-electron chi connectivity index (χ2n) is 8.21. The van der Waals surface area contributed by atoms with E-state index in [1.54, 1.807) is 54.7 Å². The summed E-state index contributed by atoms with van der Waals surface area (Å²) in [6.07, 6.45) is 2.15. The van der Waals surface area contributed by atoms with Crippen molar-refractivity contribution in [2.75, 3.05) is 18.4 Å². The summed E-state index contributed by atoms with van der Waals surface area (Å²) in [6.45, 7) is 0.384. The number of aromatic nitrogens is 1. The number of halogens is 1. The number of benzene rings is 3. The average Bonchev–Trinajstić information content (AvgIpc) is 2.90. The van der Waals surface area contributed by atoms with Crippen LogP contribution in [0.1, 0.15) is 22.5 Å². The summed E-state index contributed by atoms with van der Waals surface area (Å²) in [4.78, 5) is 28.8. The molecule has 10 heteroatoms. The van der Waals surface area contributed by atoms with Crippen molar-refractivity contribution in [1.82, 2.24) is 15.0 Å². The number of rotatable bonds is 10. The van der Waals surface area contributed by atoms with Crippen molar-refractivity contribution >= 4 is 54.2 Å². The highest BCUT2D eigenvalue weighted by Crippen LogP contribution is 2.25. The maximum atomic E-state index is 12.8. The molecule has 0 saturated heterocycles. The van der Waals surface area contributed by atoms with Crippen LogP contribution in [0.5, 0.6) is 0 Å². The number of nitrogens with zero attached hydrogens (tertiary/aromatic N) is 1. The fourth-order valence-corrected chi connectivity index (χ4v) is 5.53. The Morgan fingerprint density at radius 2 is 1.68 bits per heavy atom. The standard InChI is InChI=1S/C27H25BrN4O4S/c28-22-18-19(11-12-23(22)32-27(34)24-9-3-4-15-29-24)13-16-30-26(33)14-17-31-37(35,36)25-10-5-7-20-6-1-2-8-21(20)25/h1-12,15,18,31H,13-14,16-17H2,(H,30,33)(H,32,34). The lowest BCUT2D eigenvalue weighted by atomic mass is 10.1. The smallest absolute Gasteiger partial charge is 0.274 e. The molecule has 190 valence electrons. The molecule has 0 fully saturated rings. The van der Waals surface area contributed by atoms with Crippen molar-refractivity contribution < 1.29 is 18.0 Å². The molecule has 2 amide bonds. The van der Waals surface area contributed by atoms with Gasteiger partial charge in [0.05, 0.1) is 10.6 Å². The largest absolute Gasteiger partial charge is 0.356 e. The van der Waals surface area contributed by atoms with Gasteiger partial charge in [0, 0.05) is 35.6 Å². The number of nitrogens with one attached hydrogen (secondary N) is 3. The molecule has 37 heavy (non-hydrogen) atoms. The molecule has 4 rings (SSSR count). The summed E-state index contributed by atoms with van der Waals surface area (Å²) in [5, 5.41) is 7.08. The number of hydrogen-bond donors (Lipinski definition) is 3. The van der Waals surface area contributed by atoms with Crippen LogP contribution in [0, 0.1) is 0 Å². The highest BCUT2D eigenvalue weighted by molar-refractivity contribution is 9.10. The molecule has 3 N–H and O–H groups in total. The van der Waals surface area contributed by atoms with Gasteiger partial charge in [0.1, 0.15) is 5.69 Å². The molecule has 3 aromatic carbocycles. The predicted octanol–water partition coefficient (Wildman–Crippen LogP) is 4.28. The van der Waals surface area contributed by atoms with Crippen LogP contribution in [0.15, 0.2) is 94.4 Å². The molecule has 0 saturated carbocycles. The Balaban J connectivity index is 1.23. The summed E-state index contributed by atoms with van der Waals surface area (Å²) in [5.41, 5.74) is 1.89. The zero-order chi connectivity index (χ0) is 26.3. The number of amides is 2. The number of hydrogen-bond acceptors (Lipinski definition) is 5. The normalized spacial score (nSPS) is 11.3. The summed E-state index contributed by atoms with van der Waals surface area (Å²) < 4.78 is 28.7. The van der Waals surface area contributed by atoms with Crippen molar-refractivity contribution in [3.63, 3.8) is 0 Å². The van der Waals surface area contributed by atoms with Crippen LogP contribution in [0.2, 0.25) is 0 Å². The zero-order valence-corrected chi connectivity index (χ0v) is 22.2. The molecule has 4 aromatic rings. The maximum absolute atomic E-state index is 12.8. The molecule has 0 spiro atoms. The second kappa shape index (κ2) is 12.1. The zero-order valence-electron chi connectivity index (χ0n) is 19.8. The van der Waals surface area contributed by atoms with Gasteiger partial charge in [-0.15, -0.1) is 0 Å². The van der Waals surface area contributed by atoms with Crippen LogP contribution < -0.4 is 15.4 Å². The first-order valence-corrected chi connectivity index (χ1v) is 13.9. The third-order valence-corrected chi connectivity index (χ3v) is 7.77. The van der Waals surface area contributed by atoms with E-state index in [1.807, 2.05) is 30.3 Å². The van der Waals surface area contributed by atoms with Crippen LogP contribution in [-0.2, 0) is 21.2 Å². The van der Waals surface area contributed by atoms with Gasteiger partial charge in [-0.2, -0.15) is 0 Å². The lowest BCUT2D eigenvalue weighted by Crippen LogP contribution is -2.31. The Kier molecular flexibility index (Phi) is 8.65. The molecule has 1 heterocycles. The van der Waals surface area contributed by atoms with Gasteiger partial charge >= 0.3 is 0 Å². The van der Waals surface area contributed by atoms with Crippen LogP contribution in [0.3, 0.4) is 0 Å². The Hall–Kier alpha value is -3.60. The topological polar surface area (TPSA) is 117 Å². The third-order valence-electron chi connectivity index (χ3n) is 5.60. The van der Waals surface area contributed by atoms with E-state index in [4.69, 9.17) is 0 Å². The minimum Gasteiger partial charge on any atom is -0.356 e. The van der Waals surface area contributed by atoms with Gasteiger partial charge in [-0.05, 0) is 63.6 Å². The van der Waals surface area contributed by atoms with E-state index in [0.29, 0.717) is 34.2 Å². The average molecular weight is 581 g/mol. The number of pyridine rings is 1. The van der Waals surface area contributed by atoms with E-state index in [2.05, 4.69) is 36.3 Å². The van der Waals surface area contributed by atoms with Gasteiger partial charge in [-0.3, -0.25) is 14.6 Å².